The average Bonchev–Trinajstić information content (AvgIpc) is 2.98. The summed E-state index contributed by atoms with van der Waals surface area (Å²) in [7, 11) is 1.40. The maximum atomic E-state index is 11.5. The van der Waals surface area contributed by atoms with E-state index >= 15 is 0 Å². The molecule has 0 heterocycles. The third-order valence-electron chi connectivity index (χ3n) is 3.84. The van der Waals surface area contributed by atoms with Crippen molar-refractivity contribution in [1.29, 1.82) is 0 Å². The fraction of sp³-hybridized carbons (Fsp3) is 0.909. The Morgan fingerprint density at radius 3 is 2.64 bits per heavy atom. The topological polar surface area (TPSA) is 46.5 Å². The molecule has 2 saturated carbocycles. The highest BCUT2D eigenvalue weighted by atomic mass is 16.5. The van der Waals surface area contributed by atoms with Gasteiger partial charge in [0.05, 0.1) is 19.1 Å². The molecule has 3 nitrogen and oxygen atoms in total. The molecule has 2 aliphatic rings. The Morgan fingerprint density at radius 1 is 1.36 bits per heavy atom. The Hall–Kier alpha value is -0.570. The van der Waals surface area contributed by atoms with E-state index in [9.17, 15) is 9.90 Å². The van der Waals surface area contributed by atoms with E-state index in [1.165, 1.54) is 7.11 Å². The van der Waals surface area contributed by atoms with E-state index in [-0.39, 0.29) is 17.3 Å². The van der Waals surface area contributed by atoms with Gasteiger partial charge in [-0.1, -0.05) is 12.8 Å². The van der Waals surface area contributed by atoms with Crippen molar-refractivity contribution < 1.29 is 14.6 Å². The van der Waals surface area contributed by atoms with Gasteiger partial charge in [-0.15, -0.1) is 0 Å². The molecular weight excluding hydrogens is 180 g/mol. The predicted octanol–water partition coefficient (Wildman–Crippen LogP) is 1.49. The van der Waals surface area contributed by atoms with Crippen molar-refractivity contribution in [3.8, 4) is 0 Å². The molecule has 2 atom stereocenters. The zero-order chi connectivity index (χ0) is 10.2. The maximum absolute atomic E-state index is 11.5. The SMILES string of the molecule is COC(=O)C1CCCCC2(CC2)C1O. The number of methoxy groups -OCH3 is 1. The van der Waals surface area contributed by atoms with Crippen LogP contribution in [0.5, 0.6) is 0 Å². The molecule has 0 aromatic carbocycles. The summed E-state index contributed by atoms with van der Waals surface area (Å²) in [5.74, 6) is -0.504. The smallest absolute Gasteiger partial charge is 0.311 e. The van der Waals surface area contributed by atoms with Crippen LogP contribution in [0.2, 0.25) is 0 Å². The van der Waals surface area contributed by atoms with E-state index in [1.807, 2.05) is 0 Å². The number of hydrogen-bond acceptors (Lipinski definition) is 3. The van der Waals surface area contributed by atoms with Gasteiger partial charge in [0, 0.05) is 0 Å². The van der Waals surface area contributed by atoms with E-state index in [0.717, 1.165) is 38.5 Å². The largest absolute Gasteiger partial charge is 0.469 e. The van der Waals surface area contributed by atoms with Crippen LogP contribution in [0.25, 0.3) is 0 Å². The molecule has 14 heavy (non-hydrogen) atoms. The lowest BCUT2D eigenvalue weighted by molar-refractivity contribution is -0.151. The molecule has 1 spiro atoms. The lowest BCUT2D eigenvalue weighted by Crippen LogP contribution is -2.34. The fourth-order valence-corrected chi connectivity index (χ4v) is 2.68. The summed E-state index contributed by atoms with van der Waals surface area (Å²) in [6, 6.07) is 0. The highest BCUT2D eigenvalue weighted by molar-refractivity contribution is 5.73. The molecule has 0 radical (unpaired) electrons. The summed E-state index contributed by atoms with van der Waals surface area (Å²) in [6.07, 6.45) is 5.77. The molecular formula is C11H18O3. The zero-order valence-corrected chi connectivity index (χ0v) is 8.66. The molecule has 2 rings (SSSR count). The van der Waals surface area contributed by atoms with Crippen LogP contribution in [0.3, 0.4) is 0 Å². The Bertz CT molecular complexity index is 233. The fourth-order valence-electron chi connectivity index (χ4n) is 2.68. The summed E-state index contributed by atoms with van der Waals surface area (Å²) < 4.78 is 4.74. The van der Waals surface area contributed by atoms with Crippen molar-refractivity contribution in [3.05, 3.63) is 0 Å². The molecule has 2 unspecified atom stereocenters. The van der Waals surface area contributed by atoms with Gasteiger partial charge in [-0.3, -0.25) is 4.79 Å². The summed E-state index contributed by atoms with van der Waals surface area (Å²) in [5.41, 5.74) is 0.0787. The molecule has 0 aromatic heterocycles. The van der Waals surface area contributed by atoms with Crippen molar-refractivity contribution in [3.63, 3.8) is 0 Å². The Kier molecular flexibility index (Phi) is 2.52. The van der Waals surface area contributed by atoms with Crippen LogP contribution in [0, 0.1) is 11.3 Å². The van der Waals surface area contributed by atoms with Crippen molar-refractivity contribution in [2.45, 2.75) is 44.6 Å². The lowest BCUT2D eigenvalue weighted by Gasteiger charge is -2.24. The summed E-state index contributed by atoms with van der Waals surface area (Å²) in [6.45, 7) is 0. The highest BCUT2D eigenvalue weighted by Gasteiger charge is 2.53. The minimum atomic E-state index is -0.461. The quantitative estimate of drug-likeness (QED) is 0.649. The number of carbonyl (C=O) groups is 1. The third-order valence-corrected chi connectivity index (χ3v) is 3.84. The number of carbonyl (C=O) groups excluding carboxylic acids is 1. The number of esters is 1. The second kappa shape index (κ2) is 3.54. The van der Waals surface area contributed by atoms with E-state index < -0.39 is 6.10 Å². The molecule has 0 saturated heterocycles. The van der Waals surface area contributed by atoms with Gasteiger partial charge < -0.3 is 9.84 Å². The first-order valence-electron chi connectivity index (χ1n) is 5.45. The summed E-state index contributed by atoms with van der Waals surface area (Å²) >= 11 is 0. The van der Waals surface area contributed by atoms with Crippen molar-refractivity contribution in [1.82, 2.24) is 0 Å². The number of hydrogen-bond donors (Lipinski definition) is 1. The van der Waals surface area contributed by atoms with E-state index in [0.29, 0.717) is 0 Å². The monoisotopic (exact) mass is 198 g/mol. The van der Waals surface area contributed by atoms with Gasteiger partial charge in [0.25, 0.3) is 0 Å². The molecule has 1 N–H and O–H groups in total. The number of aliphatic hydroxyl groups is 1. The first kappa shape index (κ1) is 9.97. The van der Waals surface area contributed by atoms with Crippen LogP contribution in [0.1, 0.15) is 38.5 Å². The van der Waals surface area contributed by atoms with Crippen LogP contribution in [0.4, 0.5) is 0 Å². The minimum absolute atomic E-state index is 0.0787. The molecule has 3 heteroatoms. The zero-order valence-electron chi connectivity index (χ0n) is 8.66. The molecule has 2 fully saturated rings. The summed E-state index contributed by atoms with van der Waals surface area (Å²) in [5, 5.41) is 10.1. The number of aliphatic hydroxyl groups excluding tert-OH is 1. The van der Waals surface area contributed by atoms with Crippen LogP contribution in [0.15, 0.2) is 0 Å². The highest BCUT2D eigenvalue weighted by Crippen LogP contribution is 2.56. The van der Waals surface area contributed by atoms with Crippen LogP contribution >= 0.6 is 0 Å². The second-order valence-electron chi connectivity index (χ2n) is 4.68. The Balaban J connectivity index is 2.11. The number of rotatable bonds is 1. The Labute approximate surface area is 84.4 Å². The third kappa shape index (κ3) is 1.54. The van der Waals surface area contributed by atoms with Gasteiger partial charge in [0.1, 0.15) is 0 Å². The molecule has 2 aliphatic carbocycles. The molecule has 0 amide bonds. The molecule has 0 aromatic rings. The number of ether oxygens (including phenoxy) is 1. The maximum Gasteiger partial charge on any atom is 0.311 e. The first-order chi connectivity index (χ1) is 6.69. The normalized spacial score (nSPS) is 35.0. The van der Waals surface area contributed by atoms with E-state index in [1.54, 1.807) is 0 Å². The van der Waals surface area contributed by atoms with Gasteiger partial charge in [-0.05, 0) is 31.1 Å². The van der Waals surface area contributed by atoms with Gasteiger partial charge in [-0.25, -0.2) is 0 Å². The van der Waals surface area contributed by atoms with Gasteiger partial charge >= 0.3 is 5.97 Å². The first-order valence-corrected chi connectivity index (χ1v) is 5.45. The van der Waals surface area contributed by atoms with E-state index in [4.69, 9.17) is 4.74 Å². The van der Waals surface area contributed by atoms with Crippen molar-refractivity contribution >= 4 is 5.97 Å². The minimum Gasteiger partial charge on any atom is -0.469 e. The van der Waals surface area contributed by atoms with E-state index in [2.05, 4.69) is 0 Å². The lowest BCUT2D eigenvalue weighted by atomic mass is 9.87. The molecule has 80 valence electrons. The van der Waals surface area contributed by atoms with Gasteiger partial charge in [0.2, 0.25) is 0 Å². The molecule has 0 bridgehead atoms. The standard InChI is InChI=1S/C11H18O3/c1-14-10(13)8-4-2-3-5-11(6-7-11)9(8)12/h8-9,12H,2-7H2,1H3. The van der Waals surface area contributed by atoms with Gasteiger partial charge in [-0.2, -0.15) is 0 Å². The van der Waals surface area contributed by atoms with Crippen LogP contribution in [-0.4, -0.2) is 24.3 Å². The van der Waals surface area contributed by atoms with Gasteiger partial charge in [0.15, 0.2) is 0 Å². The van der Waals surface area contributed by atoms with Crippen LogP contribution in [-0.2, 0) is 9.53 Å². The Morgan fingerprint density at radius 2 is 2.07 bits per heavy atom. The van der Waals surface area contributed by atoms with Crippen LogP contribution < -0.4 is 0 Å². The van der Waals surface area contributed by atoms with Crippen molar-refractivity contribution in [2.24, 2.45) is 11.3 Å². The molecule has 0 aliphatic heterocycles. The average molecular weight is 198 g/mol. The second-order valence-corrected chi connectivity index (χ2v) is 4.68. The summed E-state index contributed by atoms with van der Waals surface area (Å²) in [4.78, 5) is 11.5. The predicted molar refractivity (Wildman–Crippen MR) is 51.6 cm³/mol. The van der Waals surface area contributed by atoms with Crippen molar-refractivity contribution in [2.75, 3.05) is 7.11 Å².